The lowest BCUT2D eigenvalue weighted by molar-refractivity contribution is -0.142. The highest BCUT2D eigenvalue weighted by atomic mass is 35.5. The summed E-state index contributed by atoms with van der Waals surface area (Å²) < 4.78 is 0. The molecule has 0 amide bonds. The van der Waals surface area contributed by atoms with Crippen LogP contribution in [-0.4, -0.2) is 28.9 Å². The van der Waals surface area contributed by atoms with Crippen molar-refractivity contribution in [3.05, 3.63) is 41.0 Å². The van der Waals surface area contributed by atoms with Crippen LogP contribution in [0.3, 0.4) is 0 Å². The molecule has 0 fully saturated rings. The second-order valence-corrected chi connectivity index (χ2v) is 3.85. The third-order valence-electron chi connectivity index (χ3n) is 2.20. The summed E-state index contributed by atoms with van der Waals surface area (Å²) >= 11 is 6.04. The first-order chi connectivity index (χ1) is 8.68. The Hall–Kier alpha value is -2.14. The zero-order valence-electron chi connectivity index (χ0n) is 9.21. The van der Waals surface area contributed by atoms with Gasteiger partial charge in [0, 0.05) is 17.1 Å². The van der Waals surface area contributed by atoms with Gasteiger partial charge >= 0.3 is 5.97 Å². The van der Waals surface area contributed by atoms with E-state index in [1.807, 2.05) is 6.07 Å². The fourth-order valence-corrected chi connectivity index (χ4v) is 1.67. The Morgan fingerprint density at radius 3 is 3.11 bits per heavy atom. The number of fused-ring (bicyclic) bond motifs is 1. The molecule has 1 heterocycles. The van der Waals surface area contributed by atoms with E-state index in [4.69, 9.17) is 16.7 Å². The van der Waals surface area contributed by atoms with Crippen molar-refractivity contribution in [2.75, 3.05) is 6.61 Å². The summed E-state index contributed by atoms with van der Waals surface area (Å²) in [4.78, 5) is 19.0. The number of oxime groups is 1. The summed E-state index contributed by atoms with van der Waals surface area (Å²) in [6.07, 6.45) is 3.06. The van der Waals surface area contributed by atoms with Gasteiger partial charge < -0.3 is 9.94 Å². The molecule has 0 spiro atoms. The van der Waals surface area contributed by atoms with Gasteiger partial charge in [-0.1, -0.05) is 16.8 Å². The molecule has 0 atom stereocenters. The van der Waals surface area contributed by atoms with Crippen LogP contribution in [0.1, 0.15) is 5.56 Å². The van der Waals surface area contributed by atoms with E-state index in [0.29, 0.717) is 16.1 Å². The summed E-state index contributed by atoms with van der Waals surface area (Å²) in [5.41, 5.74) is 1.40. The lowest BCUT2D eigenvalue weighted by Crippen LogP contribution is -2.03. The molecule has 0 bridgehead atoms. The Labute approximate surface area is 108 Å². The zero-order chi connectivity index (χ0) is 13.0. The minimum absolute atomic E-state index is 0.477. The largest absolute Gasteiger partial charge is 0.479 e. The monoisotopic (exact) mass is 264 g/mol. The number of carboxylic acid groups (broad SMARTS) is 1. The van der Waals surface area contributed by atoms with Crippen LogP contribution in [0, 0.1) is 0 Å². The topological polar surface area (TPSA) is 71.8 Å². The Morgan fingerprint density at radius 2 is 2.33 bits per heavy atom. The van der Waals surface area contributed by atoms with Crippen molar-refractivity contribution < 1.29 is 14.7 Å². The lowest BCUT2D eigenvalue weighted by atomic mass is 10.1. The molecule has 6 heteroatoms. The van der Waals surface area contributed by atoms with Crippen molar-refractivity contribution >= 4 is 34.7 Å². The average molecular weight is 265 g/mol. The van der Waals surface area contributed by atoms with Crippen molar-refractivity contribution in [1.29, 1.82) is 0 Å². The number of aromatic nitrogens is 1. The van der Waals surface area contributed by atoms with Crippen molar-refractivity contribution in [2.45, 2.75) is 0 Å². The van der Waals surface area contributed by atoms with E-state index < -0.39 is 12.6 Å². The van der Waals surface area contributed by atoms with E-state index in [1.165, 1.54) is 6.21 Å². The summed E-state index contributed by atoms with van der Waals surface area (Å²) in [6, 6.07) is 7.10. The number of pyridine rings is 1. The molecule has 1 aromatic heterocycles. The van der Waals surface area contributed by atoms with Gasteiger partial charge in [0.2, 0.25) is 6.61 Å². The van der Waals surface area contributed by atoms with Crippen LogP contribution < -0.4 is 0 Å². The molecular formula is C12H9ClN2O3. The summed E-state index contributed by atoms with van der Waals surface area (Å²) in [5.74, 6) is -1.08. The smallest absolute Gasteiger partial charge is 0.344 e. The molecule has 0 radical (unpaired) electrons. The zero-order valence-corrected chi connectivity index (χ0v) is 9.96. The molecule has 1 N–H and O–H groups in total. The fourth-order valence-electron chi connectivity index (χ4n) is 1.45. The minimum atomic E-state index is -1.08. The number of carbonyl (C=O) groups is 1. The highest BCUT2D eigenvalue weighted by Gasteiger charge is 2.03. The van der Waals surface area contributed by atoms with E-state index in [2.05, 4.69) is 15.0 Å². The van der Waals surface area contributed by atoms with Crippen molar-refractivity contribution in [2.24, 2.45) is 5.16 Å². The molecule has 2 rings (SSSR count). The fraction of sp³-hybridized carbons (Fsp3) is 0.0833. The Balaban J connectivity index is 2.29. The Bertz CT molecular complexity index is 613. The molecule has 0 saturated heterocycles. The van der Waals surface area contributed by atoms with Gasteiger partial charge in [-0.25, -0.2) is 4.79 Å². The Morgan fingerprint density at radius 1 is 1.50 bits per heavy atom. The highest BCUT2D eigenvalue weighted by molar-refractivity contribution is 6.35. The van der Waals surface area contributed by atoms with Gasteiger partial charge in [0.15, 0.2) is 0 Å². The normalized spacial score (nSPS) is 10.9. The maximum Gasteiger partial charge on any atom is 0.344 e. The summed E-state index contributed by atoms with van der Waals surface area (Å²) in [5, 5.41) is 13.4. The number of nitrogens with zero attached hydrogens (tertiary/aromatic N) is 2. The molecule has 0 saturated carbocycles. The van der Waals surface area contributed by atoms with Gasteiger partial charge in [0.1, 0.15) is 0 Å². The van der Waals surface area contributed by atoms with Crippen molar-refractivity contribution in [3.8, 4) is 0 Å². The van der Waals surface area contributed by atoms with Crippen LogP contribution >= 0.6 is 11.6 Å². The lowest BCUT2D eigenvalue weighted by Gasteiger charge is -2.02. The molecular weight excluding hydrogens is 256 g/mol. The first kappa shape index (κ1) is 12.3. The first-order valence-corrected chi connectivity index (χ1v) is 5.46. The van der Waals surface area contributed by atoms with Crippen LogP contribution in [0.25, 0.3) is 10.9 Å². The average Bonchev–Trinajstić information content (AvgIpc) is 2.37. The van der Waals surface area contributed by atoms with Crippen molar-refractivity contribution in [1.82, 2.24) is 4.98 Å². The second-order valence-electron chi connectivity index (χ2n) is 3.44. The van der Waals surface area contributed by atoms with Gasteiger partial charge in [0.05, 0.1) is 16.8 Å². The van der Waals surface area contributed by atoms with Gasteiger partial charge in [0.25, 0.3) is 0 Å². The first-order valence-electron chi connectivity index (χ1n) is 5.09. The number of hydrogen-bond acceptors (Lipinski definition) is 4. The van der Waals surface area contributed by atoms with Crippen LogP contribution in [0.15, 0.2) is 35.6 Å². The summed E-state index contributed by atoms with van der Waals surface area (Å²) in [6.45, 7) is -0.477. The molecule has 92 valence electrons. The highest BCUT2D eigenvalue weighted by Crippen LogP contribution is 2.23. The number of benzene rings is 1. The SMILES string of the molecule is O=C(O)CO/N=C/c1ccc(Cl)c2cccnc12. The van der Waals surface area contributed by atoms with E-state index in [0.717, 1.165) is 5.39 Å². The Kier molecular flexibility index (Phi) is 3.74. The van der Waals surface area contributed by atoms with Gasteiger partial charge in [-0.2, -0.15) is 0 Å². The molecule has 0 aliphatic carbocycles. The van der Waals surface area contributed by atoms with E-state index in [1.54, 1.807) is 24.4 Å². The van der Waals surface area contributed by atoms with Gasteiger partial charge in [-0.15, -0.1) is 0 Å². The third kappa shape index (κ3) is 2.75. The third-order valence-corrected chi connectivity index (χ3v) is 2.53. The second kappa shape index (κ2) is 5.46. The van der Waals surface area contributed by atoms with Crippen molar-refractivity contribution in [3.63, 3.8) is 0 Å². The standard InChI is InChI=1S/C12H9ClN2O3/c13-10-4-3-8(6-15-18-7-11(16)17)12-9(10)2-1-5-14-12/h1-6H,7H2,(H,16,17)/b15-6+. The molecule has 18 heavy (non-hydrogen) atoms. The molecule has 0 aliphatic rings. The van der Waals surface area contributed by atoms with E-state index >= 15 is 0 Å². The number of hydrogen-bond donors (Lipinski definition) is 1. The molecule has 0 unspecified atom stereocenters. The molecule has 1 aromatic carbocycles. The maximum atomic E-state index is 10.2. The number of aliphatic carboxylic acids is 1. The molecule has 0 aliphatic heterocycles. The van der Waals surface area contributed by atoms with Gasteiger partial charge in [-0.3, -0.25) is 4.98 Å². The number of carboxylic acids is 1. The summed E-state index contributed by atoms with van der Waals surface area (Å²) in [7, 11) is 0. The van der Waals surface area contributed by atoms with Crippen LogP contribution in [0.2, 0.25) is 5.02 Å². The molecule has 5 nitrogen and oxygen atoms in total. The maximum absolute atomic E-state index is 10.2. The van der Waals surface area contributed by atoms with Crippen LogP contribution in [0.4, 0.5) is 0 Å². The van der Waals surface area contributed by atoms with Crippen LogP contribution in [-0.2, 0) is 9.63 Å². The minimum Gasteiger partial charge on any atom is -0.479 e. The molecule has 2 aromatic rings. The predicted octanol–water partition coefficient (Wildman–Crippen LogP) is 2.32. The van der Waals surface area contributed by atoms with E-state index in [-0.39, 0.29) is 0 Å². The number of halogens is 1. The van der Waals surface area contributed by atoms with Gasteiger partial charge in [-0.05, 0) is 24.3 Å². The number of rotatable bonds is 4. The van der Waals surface area contributed by atoms with Crippen LogP contribution in [0.5, 0.6) is 0 Å². The predicted molar refractivity (Wildman–Crippen MR) is 67.9 cm³/mol. The van der Waals surface area contributed by atoms with E-state index in [9.17, 15) is 4.79 Å². The quantitative estimate of drug-likeness (QED) is 0.679.